The third-order valence-electron chi connectivity index (χ3n) is 5.58. The van der Waals surface area contributed by atoms with E-state index in [0.29, 0.717) is 18.1 Å². The van der Waals surface area contributed by atoms with E-state index in [9.17, 15) is 18.3 Å². The summed E-state index contributed by atoms with van der Waals surface area (Å²) < 4.78 is 38.1. The third kappa shape index (κ3) is 5.28. The molecule has 28 heavy (non-hydrogen) atoms. The van der Waals surface area contributed by atoms with Gasteiger partial charge in [0.2, 0.25) is 0 Å². The van der Waals surface area contributed by atoms with Crippen LogP contribution in [0, 0.1) is 0 Å². The summed E-state index contributed by atoms with van der Waals surface area (Å²) in [6.07, 6.45) is 0.272. The summed E-state index contributed by atoms with van der Waals surface area (Å²) in [4.78, 5) is 0. The predicted molar refractivity (Wildman–Crippen MR) is 105 cm³/mol. The number of halogens is 4. The summed E-state index contributed by atoms with van der Waals surface area (Å²) in [5.74, 6) is -0.124. The van der Waals surface area contributed by atoms with Crippen LogP contribution < -0.4 is 5.32 Å². The summed E-state index contributed by atoms with van der Waals surface area (Å²) in [7, 11) is 0. The van der Waals surface area contributed by atoms with Gasteiger partial charge >= 0.3 is 6.18 Å². The monoisotopic (exact) mass is 411 g/mol. The molecule has 0 radical (unpaired) electrons. The van der Waals surface area contributed by atoms with Crippen LogP contribution in [0.25, 0.3) is 0 Å². The largest absolute Gasteiger partial charge is 0.416 e. The maximum absolute atomic E-state index is 12.7. The van der Waals surface area contributed by atoms with E-state index in [-0.39, 0.29) is 5.92 Å². The molecule has 2 N–H and O–H groups in total. The number of alkyl halides is 3. The van der Waals surface area contributed by atoms with Crippen LogP contribution in [-0.4, -0.2) is 17.3 Å². The van der Waals surface area contributed by atoms with Crippen LogP contribution in [0.3, 0.4) is 0 Å². The lowest BCUT2D eigenvalue weighted by Crippen LogP contribution is -2.43. The quantitative estimate of drug-likeness (QED) is 0.617. The number of rotatable bonds is 6. The van der Waals surface area contributed by atoms with Gasteiger partial charge in [-0.25, -0.2) is 0 Å². The molecule has 0 aliphatic heterocycles. The molecule has 1 atom stereocenters. The first-order valence-electron chi connectivity index (χ1n) is 9.63. The Kier molecular flexibility index (Phi) is 6.69. The van der Waals surface area contributed by atoms with E-state index in [1.165, 1.54) is 12.1 Å². The molecule has 0 saturated heterocycles. The average molecular weight is 412 g/mol. The van der Waals surface area contributed by atoms with Gasteiger partial charge in [-0.3, -0.25) is 0 Å². The van der Waals surface area contributed by atoms with Gasteiger partial charge in [0.05, 0.1) is 11.2 Å². The van der Waals surface area contributed by atoms with E-state index < -0.39 is 17.3 Å². The topological polar surface area (TPSA) is 32.3 Å². The Balaban J connectivity index is 1.70. The lowest BCUT2D eigenvalue weighted by Gasteiger charge is -2.40. The summed E-state index contributed by atoms with van der Waals surface area (Å²) in [5, 5.41) is 15.2. The zero-order chi connectivity index (χ0) is 20.2. The van der Waals surface area contributed by atoms with E-state index in [2.05, 4.69) is 5.32 Å². The van der Waals surface area contributed by atoms with Crippen molar-refractivity contribution in [3.05, 3.63) is 70.2 Å². The van der Waals surface area contributed by atoms with Gasteiger partial charge in [0.15, 0.2) is 0 Å². The molecule has 0 spiro atoms. The fraction of sp³-hybridized carbons (Fsp3) is 0.455. The van der Waals surface area contributed by atoms with Crippen LogP contribution >= 0.6 is 11.6 Å². The van der Waals surface area contributed by atoms with Crippen molar-refractivity contribution in [2.24, 2.45) is 0 Å². The van der Waals surface area contributed by atoms with E-state index in [4.69, 9.17) is 11.6 Å². The molecule has 0 heterocycles. The number of hydrogen-bond donors (Lipinski definition) is 2. The Labute approximate surface area is 168 Å². The zero-order valence-electron chi connectivity index (χ0n) is 15.6. The third-order valence-corrected chi connectivity index (χ3v) is 5.81. The highest BCUT2D eigenvalue weighted by atomic mass is 35.5. The lowest BCUT2D eigenvalue weighted by molar-refractivity contribution is -0.137. The smallest absolute Gasteiger partial charge is 0.389 e. The average Bonchev–Trinajstić information content (AvgIpc) is 2.65. The molecule has 2 aromatic carbocycles. The molecule has 6 heteroatoms. The fourth-order valence-corrected chi connectivity index (χ4v) is 4.23. The van der Waals surface area contributed by atoms with Crippen LogP contribution in [0.2, 0.25) is 5.02 Å². The van der Waals surface area contributed by atoms with Crippen molar-refractivity contribution in [1.29, 1.82) is 0 Å². The van der Waals surface area contributed by atoms with Gasteiger partial charge in [0, 0.05) is 24.0 Å². The molecule has 1 aliphatic rings. The first-order valence-corrected chi connectivity index (χ1v) is 10.0. The van der Waals surface area contributed by atoms with Crippen molar-refractivity contribution in [3.63, 3.8) is 0 Å². The molecule has 2 nitrogen and oxygen atoms in total. The van der Waals surface area contributed by atoms with Crippen LogP contribution in [0.15, 0.2) is 48.5 Å². The summed E-state index contributed by atoms with van der Waals surface area (Å²) in [6.45, 7) is 0.961. The molecule has 1 saturated carbocycles. The van der Waals surface area contributed by atoms with E-state index in [1.54, 1.807) is 0 Å². The first kappa shape index (κ1) is 21.2. The minimum Gasteiger partial charge on any atom is -0.389 e. The minimum absolute atomic E-state index is 0.124. The predicted octanol–water partition coefficient (Wildman–Crippen LogP) is 5.93. The van der Waals surface area contributed by atoms with Gasteiger partial charge in [-0.15, -0.1) is 0 Å². The molecule has 152 valence electrons. The zero-order valence-corrected chi connectivity index (χ0v) is 16.4. The second kappa shape index (κ2) is 8.85. The Morgan fingerprint density at radius 1 is 1.04 bits per heavy atom. The molecule has 0 aromatic heterocycles. The molecule has 1 fully saturated rings. The molecule has 1 aliphatic carbocycles. The molecule has 0 bridgehead atoms. The number of aliphatic hydroxyl groups is 1. The Morgan fingerprint density at radius 2 is 1.71 bits per heavy atom. The van der Waals surface area contributed by atoms with Crippen molar-refractivity contribution in [3.8, 4) is 0 Å². The Bertz CT molecular complexity index is 770. The van der Waals surface area contributed by atoms with Crippen molar-refractivity contribution in [1.82, 2.24) is 5.32 Å². The summed E-state index contributed by atoms with van der Waals surface area (Å²) in [6, 6.07) is 12.7. The van der Waals surface area contributed by atoms with Crippen LogP contribution in [0.5, 0.6) is 0 Å². The van der Waals surface area contributed by atoms with E-state index >= 15 is 0 Å². The van der Waals surface area contributed by atoms with E-state index in [0.717, 1.165) is 55.4 Å². The van der Waals surface area contributed by atoms with Gasteiger partial charge in [0.1, 0.15) is 0 Å². The number of hydrogen-bond acceptors (Lipinski definition) is 2. The normalized spacial score (nSPS) is 18.0. The first-order chi connectivity index (χ1) is 13.3. The second-order valence-electron chi connectivity index (χ2n) is 7.60. The number of benzene rings is 2. The summed E-state index contributed by atoms with van der Waals surface area (Å²) in [5.41, 5.74) is 0.311. The van der Waals surface area contributed by atoms with Crippen LogP contribution in [0.4, 0.5) is 13.2 Å². The fourth-order valence-electron chi connectivity index (χ4n) is 4.03. The molecule has 3 rings (SSSR count). The van der Waals surface area contributed by atoms with Gasteiger partial charge in [0.25, 0.3) is 0 Å². The molecular weight excluding hydrogens is 387 g/mol. The SMILES string of the molecule is OC1(C(CNCc2ccc(C(F)(F)F)cc2)c2cccc(Cl)c2)CCCCC1. The highest BCUT2D eigenvalue weighted by Crippen LogP contribution is 2.40. The van der Waals surface area contributed by atoms with Crippen molar-refractivity contribution < 1.29 is 18.3 Å². The van der Waals surface area contributed by atoms with Crippen LogP contribution in [-0.2, 0) is 12.7 Å². The molecule has 2 aromatic rings. The van der Waals surface area contributed by atoms with Gasteiger partial charge in [-0.2, -0.15) is 13.2 Å². The standard InChI is InChI=1S/C22H25ClF3NO/c23-19-6-4-5-17(13-19)20(21(28)11-2-1-3-12-21)15-27-14-16-7-9-18(10-8-16)22(24,25)26/h4-10,13,20,27-28H,1-3,11-12,14-15H2. The van der Waals surface area contributed by atoms with Crippen LogP contribution in [0.1, 0.15) is 54.7 Å². The van der Waals surface area contributed by atoms with E-state index in [1.807, 2.05) is 24.3 Å². The van der Waals surface area contributed by atoms with Gasteiger partial charge in [-0.1, -0.05) is 55.1 Å². The van der Waals surface area contributed by atoms with Crippen molar-refractivity contribution in [2.75, 3.05) is 6.54 Å². The van der Waals surface area contributed by atoms with Gasteiger partial charge in [-0.05, 0) is 48.2 Å². The molecule has 1 unspecified atom stereocenters. The Hall–Kier alpha value is -1.56. The minimum atomic E-state index is -4.33. The molecule has 0 amide bonds. The van der Waals surface area contributed by atoms with Gasteiger partial charge < -0.3 is 10.4 Å². The second-order valence-corrected chi connectivity index (χ2v) is 8.03. The maximum Gasteiger partial charge on any atom is 0.416 e. The number of nitrogens with one attached hydrogen (secondary N) is 1. The maximum atomic E-state index is 12.7. The Morgan fingerprint density at radius 3 is 2.32 bits per heavy atom. The lowest BCUT2D eigenvalue weighted by atomic mass is 9.72. The van der Waals surface area contributed by atoms with Crippen molar-refractivity contribution >= 4 is 11.6 Å². The van der Waals surface area contributed by atoms with Crippen molar-refractivity contribution in [2.45, 2.75) is 56.3 Å². The summed E-state index contributed by atoms with van der Waals surface area (Å²) >= 11 is 6.16. The highest BCUT2D eigenvalue weighted by Gasteiger charge is 2.38. The molecular formula is C22H25ClF3NO. The highest BCUT2D eigenvalue weighted by molar-refractivity contribution is 6.30.